The molecule has 0 saturated carbocycles. The smallest absolute Gasteiger partial charge is 0.256 e. The third-order valence-electron chi connectivity index (χ3n) is 5.70. The van der Waals surface area contributed by atoms with E-state index in [2.05, 4.69) is 20.0 Å². The van der Waals surface area contributed by atoms with E-state index in [1.165, 1.54) is 10.6 Å². The fourth-order valence-electron chi connectivity index (χ4n) is 3.95. The molecule has 11 heteroatoms. The topological polar surface area (TPSA) is 115 Å². The maximum atomic E-state index is 14.1. The van der Waals surface area contributed by atoms with Crippen LogP contribution in [-0.4, -0.2) is 57.2 Å². The number of nitrogens with two attached hydrogens (primary N) is 2. The van der Waals surface area contributed by atoms with Gasteiger partial charge in [0.1, 0.15) is 23.3 Å². The first-order valence-electron chi connectivity index (χ1n) is 10.3. The van der Waals surface area contributed by atoms with Gasteiger partial charge in [-0.1, -0.05) is 0 Å². The van der Waals surface area contributed by atoms with Crippen LogP contribution in [0.1, 0.15) is 5.56 Å². The van der Waals surface area contributed by atoms with Crippen molar-refractivity contribution >= 4 is 23.1 Å². The summed E-state index contributed by atoms with van der Waals surface area (Å²) in [5, 5.41) is 4.39. The van der Waals surface area contributed by atoms with Crippen molar-refractivity contribution < 1.29 is 13.2 Å². The summed E-state index contributed by atoms with van der Waals surface area (Å²) in [6, 6.07) is 7.03. The van der Waals surface area contributed by atoms with Gasteiger partial charge in [0.05, 0.1) is 12.0 Å². The Hall–Kier alpha value is -3.73. The monoisotopic (exact) mass is 440 g/mol. The van der Waals surface area contributed by atoms with Crippen LogP contribution >= 0.6 is 0 Å². The second-order valence-electron chi connectivity index (χ2n) is 7.66. The second-order valence-corrected chi connectivity index (χ2v) is 7.66. The molecule has 1 saturated heterocycles. The Labute approximate surface area is 182 Å². The molecule has 0 spiro atoms. The van der Waals surface area contributed by atoms with Crippen LogP contribution in [0, 0.1) is 11.6 Å². The maximum absolute atomic E-state index is 14.1. The molecule has 1 aliphatic heterocycles. The number of nitrogens with zero attached hydrogens (tertiary/aromatic N) is 6. The second kappa shape index (κ2) is 8.08. The van der Waals surface area contributed by atoms with Crippen LogP contribution in [0.3, 0.4) is 0 Å². The van der Waals surface area contributed by atoms with Gasteiger partial charge in [0, 0.05) is 44.4 Å². The molecule has 5 rings (SSSR count). The van der Waals surface area contributed by atoms with Gasteiger partial charge in [-0.25, -0.2) is 8.78 Å². The summed E-state index contributed by atoms with van der Waals surface area (Å²) >= 11 is 0. The average molecular weight is 440 g/mol. The molecule has 4 aromatic rings. The highest BCUT2D eigenvalue weighted by molar-refractivity contribution is 5.61. The molecule has 0 radical (unpaired) electrons. The predicted octanol–water partition coefficient (Wildman–Crippen LogP) is 2.19. The lowest BCUT2D eigenvalue weighted by atomic mass is 10.1. The highest BCUT2D eigenvalue weighted by Crippen LogP contribution is 2.24. The number of piperazine rings is 1. The van der Waals surface area contributed by atoms with Gasteiger partial charge >= 0.3 is 0 Å². The number of aromatic nitrogens is 4. The molecule has 9 nitrogen and oxygen atoms in total. The quantitative estimate of drug-likeness (QED) is 0.485. The third-order valence-corrected chi connectivity index (χ3v) is 5.70. The molecule has 0 aliphatic carbocycles. The molecule has 1 fully saturated rings. The van der Waals surface area contributed by atoms with Crippen molar-refractivity contribution in [1.29, 1.82) is 0 Å². The van der Waals surface area contributed by atoms with Gasteiger partial charge in [-0.05, 0) is 30.7 Å². The number of anilines is 3. The van der Waals surface area contributed by atoms with Gasteiger partial charge in [0.25, 0.3) is 5.78 Å². The number of benzene rings is 1. The van der Waals surface area contributed by atoms with Crippen molar-refractivity contribution in [3.05, 3.63) is 53.8 Å². The SMILES string of the molecule is Nc1nc2nc(-c3ccco3)nn2c(N)c1CCN1CCN(c2cc(F)ccc2F)CC1. The molecule has 4 heterocycles. The van der Waals surface area contributed by atoms with E-state index >= 15 is 0 Å². The Morgan fingerprint density at radius 2 is 1.84 bits per heavy atom. The van der Waals surface area contributed by atoms with Crippen LogP contribution in [-0.2, 0) is 6.42 Å². The van der Waals surface area contributed by atoms with Crippen LogP contribution in [0.2, 0.25) is 0 Å². The molecule has 0 atom stereocenters. The van der Waals surface area contributed by atoms with Crippen LogP contribution < -0.4 is 16.4 Å². The zero-order valence-electron chi connectivity index (χ0n) is 17.2. The largest absolute Gasteiger partial charge is 0.461 e. The van der Waals surface area contributed by atoms with Crippen molar-refractivity contribution in [2.75, 3.05) is 49.1 Å². The summed E-state index contributed by atoms with van der Waals surface area (Å²) in [5.74, 6) is 1.05. The minimum absolute atomic E-state index is 0.298. The molecule has 4 N–H and O–H groups in total. The van der Waals surface area contributed by atoms with E-state index in [0.717, 1.165) is 12.1 Å². The first-order chi connectivity index (χ1) is 15.5. The Bertz CT molecular complexity index is 1250. The van der Waals surface area contributed by atoms with Crippen molar-refractivity contribution in [1.82, 2.24) is 24.5 Å². The Morgan fingerprint density at radius 1 is 1.03 bits per heavy atom. The average Bonchev–Trinajstić information content (AvgIpc) is 3.46. The molecule has 0 amide bonds. The standard InChI is InChI=1S/C21H22F2N8O/c22-13-3-4-15(23)16(12-13)30-9-7-29(8-10-30)6-5-14-18(24)26-21-27-20(17-2-1-11-32-17)28-31(21)19(14)25/h1-4,11-12H,5-10,25H2,(H2,24,26,27,28). The lowest BCUT2D eigenvalue weighted by Crippen LogP contribution is -2.47. The number of fused-ring (bicyclic) bond motifs is 1. The van der Waals surface area contributed by atoms with Crippen molar-refractivity contribution in [2.45, 2.75) is 6.42 Å². The number of hydrogen-bond acceptors (Lipinski definition) is 8. The molecule has 32 heavy (non-hydrogen) atoms. The molecule has 0 unspecified atom stereocenters. The van der Waals surface area contributed by atoms with E-state index in [-0.39, 0.29) is 0 Å². The summed E-state index contributed by atoms with van der Waals surface area (Å²) in [6.07, 6.45) is 2.12. The Morgan fingerprint density at radius 3 is 2.59 bits per heavy atom. The Kier molecular flexibility index (Phi) is 5.10. The summed E-state index contributed by atoms with van der Waals surface area (Å²) in [5.41, 5.74) is 13.5. The third kappa shape index (κ3) is 3.71. The van der Waals surface area contributed by atoms with Gasteiger partial charge < -0.3 is 20.8 Å². The van der Waals surface area contributed by atoms with Crippen LogP contribution in [0.5, 0.6) is 0 Å². The fourth-order valence-corrected chi connectivity index (χ4v) is 3.95. The molecule has 166 valence electrons. The molecular weight excluding hydrogens is 418 g/mol. The number of hydrogen-bond donors (Lipinski definition) is 2. The normalized spacial score (nSPS) is 15.0. The maximum Gasteiger partial charge on any atom is 0.256 e. The van der Waals surface area contributed by atoms with E-state index in [0.29, 0.717) is 79.4 Å². The van der Waals surface area contributed by atoms with E-state index in [1.807, 2.05) is 4.90 Å². The van der Waals surface area contributed by atoms with Gasteiger partial charge in [-0.3, -0.25) is 4.90 Å². The summed E-state index contributed by atoms with van der Waals surface area (Å²) in [7, 11) is 0. The van der Waals surface area contributed by atoms with E-state index in [1.54, 1.807) is 18.4 Å². The van der Waals surface area contributed by atoms with Gasteiger partial charge in [0.2, 0.25) is 5.82 Å². The van der Waals surface area contributed by atoms with Gasteiger partial charge in [0.15, 0.2) is 5.76 Å². The summed E-state index contributed by atoms with van der Waals surface area (Å²) < 4.78 is 34.4. The number of rotatable bonds is 5. The van der Waals surface area contributed by atoms with E-state index in [4.69, 9.17) is 15.9 Å². The number of halogens is 2. The zero-order valence-corrected chi connectivity index (χ0v) is 17.2. The lowest BCUT2D eigenvalue weighted by molar-refractivity contribution is 0.260. The molecule has 3 aromatic heterocycles. The zero-order chi connectivity index (χ0) is 22.2. The van der Waals surface area contributed by atoms with Crippen molar-refractivity contribution in [3.8, 4) is 11.6 Å². The fraction of sp³-hybridized carbons (Fsp3) is 0.286. The van der Waals surface area contributed by atoms with Crippen molar-refractivity contribution in [2.24, 2.45) is 0 Å². The molecule has 1 aliphatic rings. The highest BCUT2D eigenvalue weighted by atomic mass is 19.1. The highest BCUT2D eigenvalue weighted by Gasteiger charge is 2.22. The number of nitrogen functional groups attached to an aromatic ring is 2. The van der Waals surface area contributed by atoms with Crippen LogP contribution in [0.25, 0.3) is 17.4 Å². The molecule has 0 bridgehead atoms. The lowest BCUT2D eigenvalue weighted by Gasteiger charge is -2.36. The minimum atomic E-state index is -0.444. The minimum Gasteiger partial charge on any atom is -0.461 e. The summed E-state index contributed by atoms with van der Waals surface area (Å²) in [4.78, 5) is 12.8. The van der Waals surface area contributed by atoms with E-state index < -0.39 is 11.6 Å². The summed E-state index contributed by atoms with van der Waals surface area (Å²) in [6.45, 7) is 3.30. The van der Waals surface area contributed by atoms with E-state index in [9.17, 15) is 8.78 Å². The molecular formula is C21H22F2N8O. The van der Waals surface area contributed by atoms with Crippen LogP contribution in [0.15, 0.2) is 41.0 Å². The van der Waals surface area contributed by atoms with Crippen LogP contribution in [0.4, 0.5) is 26.1 Å². The first kappa shape index (κ1) is 20.2. The van der Waals surface area contributed by atoms with Gasteiger partial charge in [-0.15, -0.1) is 5.10 Å². The van der Waals surface area contributed by atoms with Crippen molar-refractivity contribution in [3.63, 3.8) is 0 Å². The Balaban J connectivity index is 1.27. The first-order valence-corrected chi connectivity index (χ1v) is 10.3. The predicted molar refractivity (Wildman–Crippen MR) is 116 cm³/mol. The van der Waals surface area contributed by atoms with Gasteiger partial charge in [-0.2, -0.15) is 14.5 Å². The molecule has 1 aromatic carbocycles. The number of furan rings is 1.